The molecule has 2 aromatic rings. The first kappa shape index (κ1) is 15.1. The number of nitrogens with one attached hydrogen (secondary N) is 2. The summed E-state index contributed by atoms with van der Waals surface area (Å²) in [6.07, 6.45) is 3.03. The largest absolute Gasteiger partial charge is 0.383 e. The van der Waals surface area contributed by atoms with Gasteiger partial charge in [0.25, 0.3) is 0 Å². The van der Waals surface area contributed by atoms with Gasteiger partial charge in [-0.15, -0.1) is 0 Å². The van der Waals surface area contributed by atoms with Gasteiger partial charge in [0.05, 0.1) is 31.2 Å². The van der Waals surface area contributed by atoms with Crippen LogP contribution in [0.1, 0.15) is 0 Å². The third-order valence-electron chi connectivity index (χ3n) is 2.73. The van der Waals surface area contributed by atoms with Crippen molar-refractivity contribution in [1.82, 2.24) is 15.1 Å². The number of methoxy groups -OCH3 is 1. The number of aromatic nitrogens is 2. The zero-order valence-electron chi connectivity index (χ0n) is 11.7. The van der Waals surface area contributed by atoms with E-state index in [0.29, 0.717) is 24.5 Å². The van der Waals surface area contributed by atoms with Crippen molar-refractivity contribution in [1.29, 1.82) is 0 Å². The Bertz CT molecular complexity index is 600. The number of rotatable bonds is 7. The van der Waals surface area contributed by atoms with Gasteiger partial charge in [-0.3, -0.25) is 4.79 Å². The second kappa shape index (κ2) is 7.51. The highest BCUT2D eigenvalue weighted by Crippen LogP contribution is 2.14. The Morgan fingerprint density at radius 1 is 1.43 bits per heavy atom. The minimum Gasteiger partial charge on any atom is -0.383 e. The molecule has 0 aliphatic carbocycles. The van der Waals surface area contributed by atoms with Crippen molar-refractivity contribution < 1.29 is 13.9 Å². The number of anilines is 1. The van der Waals surface area contributed by atoms with E-state index >= 15 is 0 Å². The van der Waals surface area contributed by atoms with Crippen molar-refractivity contribution in [2.45, 2.75) is 0 Å². The molecule has 1 aromatic carbocycles. The van der Waals surface area contributed by atoms with E-state index in [1.54, 1.807) is 31.5 Å². The van der Waals surface area contributed by atoms with Crippen LogP contribution in [0.2, 0.25) is 0 Å². The summed E-state index contributed by atoms with van der Waals surface area (Å²) in [5.41, 5.74) is 0.841. The molecule has 0 aliphatic rings. The molecule has 0 unspecified atom stereocenters. The number of nitrogens with zero attached hydrogens (tertiary/aromatic N) is 2. The number of benzene rings is 1. The van der Waals surface area contributed by atoms with Crippen LogP contribution in [-0.4, -0.2) is 42.5 Å². The standard InChI is InChI=1S/C14H17FN4O2/c1-21-7-6-16-9-14(20)18-11-8-17-19(10-11)13-5-3-2-4-12(13)15/h2-5,8,10,16H,6-7,9H2,1H3,(H,18,20). The van der Waals surface area contributed by atoms with Crippen LogP contribution < -0.4 is 10.6 Å². The maximum Gasteiger partial charge on any atom is 0.238 e. The van der Waals surface area contributed by atoms with E-state index in [4.69, 9.17) is 4.74 Å². The van der Waals surface area contributed by atoms with Crippen LogP contribution in [0.5, 0.6) is 0 Å². The molecule has 0 saturated carbocycles. The molecule has 6 nitrogen and oxygen atoms in total. The Morgan fingerprint density at radius 2 is 2.24 bits per heavy atom. The van der Waals surface area contributed by atoms with Crippen LogP contribution >= 0.6 is 0 Å². The fourth-order valence-electron chi connectivity index (χ4n) is 1.74. The van der Waals surface area contributed by atoms with Crippen molar-refractivity contribution in [3.05, 3.63) is 42.5 Å². The summed E-state index contributed by atoms with van der Waals surface area (Å²) in [6.45, 7) is 1.31. The lowest BCUT2D eigenvalue weighted by molar-refractivity contribution is -0.115. The molecule has 2 N–H and O–H groups in total. The van der Waals surface area contributed by atoms with Crippen LogP contribution in [0.4, 0.5) is 10.1 Å². The molecule has 0 saturated heterocycles. The average Bonchev–Trinajstić information content (AvgIpc) is 2.92. The molecule has 0 fully saturated rings. The predicted molar refractivity (Wildman–Crippen MR) is 76.9 cm³/mol. The summed E-state index contributed by atoms with van der Waals surface area (Å²) >= 11 is 0. The lowest BCUT2D eigenvalue weighted by Gasteiger charge is -2.04. The van der Waals surface area contributed by atoms with Gasteiger partial charge in [0.2, 0.25) is 5.91 Å². The number of amides is 1. The monoisotopic (exact) mass is 292 g/mol. The van der Waals surface area contributed by atoms with E-state index in [0.717, 1.165) is 0 Å². The highest BCUT2D eigenvalue weighted by Gasteiger charge is 2.07. The maximum atomic E-state index is 13.6. The molecular weight excluding hydrogens is 275 g/mol. The van der Waals surface area contributed by atoms with Gasteiger partial charge in [-0.05, 0) is 12.1 Å². The highest BCUT2D eigenvalue weighted by atomic mass is 19.1. The quantitative estimate of drug-likeness (QED) is 0.752. The molecule has 7 heteroatoms. The second-order valence-corrected chi connectivity index (χ2v) is 4.34. The molecule has 2 rings (SSSR count). The molecule has 0 radical (unpaired) electrons. The third-order valence-corrected chi connectivity index (χ3v) is 2.73. The number of carbonyl (C=O) groups excluding carboxylic acids is 1. The van der Waals surface area contributed by atoms with Gasteiger partial charge < -0.3 is 15.4 Å². The van der Waals surface area contributed by atoms with Crippen molar-refractivity contribution in [2.24, 2.45) is 0 Å². The normalized spacial score (nSPS) is 10.6. The molecule has 1 aromatic heterocycles. The van der Waals surface area contributed by atoms with Gasteiger partial charge in [-0.2, -0.15) is 5.10 Å². The number of hydrogen-bond donors (Lipinski definition) is 2. The number of ether oxygens (including phenoxy) is 1. The first-order chi connectivity index (χ1) is 10.2. The molecule has 0 atom stereocenters. The minimum atomic E-state index is -0.375. The van der Waals surface area contributed by atoms with Crippen LogP contribution in [0.25, 0.3) is 5.69 Å². The Kier molecular flexibility index (Phi) is 5.42. The molecule has 0 aliphatic heterocycles. The van der Waals surface area contributed by atoms with Gasteiger partial charge in [-0.1, -0.05) is 12.1 Å². The van der Waals surface area contributed by atoms with Gasteiger partial charge in [0, 0.05) is 13.7 Å². The number of hydrogen-bond acceptors (Lipinski definition) is 4. The van der Waals surface area contributed by atoms with E-state index < -0.39 is 0 Å². The average molecular weight is 292 g/mol. The van der Waals surface area contributed by atoms with Gasteiger partial charge >= 0.3 is 0 Å². The summed E-state index contributed by atoms with van der Waals surface area (Å²) in [5, 5.41) is 9.64. The fourth-order valence-corrected chi connectivity index (χ4v) is 1.74. The van der Waals surface area contributed by atoms with Crippen LogP contribution in [0.15, 0.2) is 36.7 Å². The molecular formula is C14H17FN4O2. The maximum absolute atomic E-state index is 13.6. The van der Waals surface area contributed by atoms with Crippen molar-refractivity contribution >= 4 is 11.6 Å². The van der Waals surface area contributed by atoms with E-state index in [-0.39, 0.29) is 18.3 Å². The second-order valence-electron chi connectivity index (χ2n) is 4.34. The van der Waals surface area contributed by atoms with Crippen LogP contribution in [-0.2, 0) is 9.53 Å². The molecule has 1 amide bonds. The summed E-state index contributed by atoms with van der Waals surface area (Å²) in [6, 6.07) is 6.30. The fraction of sp³-hybridized carbons (Fsp3) is 0.286. The van der Waals surface area contributed by atoms with E-state index in [9.17, 15) is 9.18 Å². The van der Waals surface area contributed by atoms with Crippen molar-refractivity contribution in [3.8, 4) is 5.69 Å². The molecule has 21 heavy (non-hydrogen) atoms. The SMILES string of the molecule is COCCNCC(=O)Nc1cnn(-c2ccccc2F)c1. The Balaban J connectivity index is 1.91. The number of para-hydroxylation sites is 1. The zero-order valence-corrected chi connectivity index (χ0v) is 11.7. The topological polar surface area (TPSA) is 68.2 Å². The summed E-state index contributed by atoms with van der Waals surface area (Å²) in [7, 11) is 1.60. The Hall–Kier alpha value is -2.25. The molecule has 0 bridgehead atoms. The van der Waals surface area contributed by atoms with Crippen LogP contribution in [0.3, 0.4) is 0 Å². The smallest absolute Gasteiger partial charge is 0.238 e. The lowest BCUT2D eigenvalue weighted by Crippen LogP contribution is -2.30. The first-order valence-electron chi connectivity index (χ1n) is 6.50. The summed E-state index contributed by atoms with van der Waals surface area (Å²) in [4.78, 5) is 11.7. The van der Waals surface area contributed by atoms with Gasteiger partial charge in [-0.25, -0.2) is 9.07 Å². The molecule has 0 spiro atoms. The number of carbonyl (C=O) groups is 1. The predicted octanol–water partition coefficient (Wildman–Crippen LogP) is 1.19. The summed E-state index contributed by atoms with van der Waals surface area (Å²) in [5.74, 6) is -0.570. The van der Waals surface area contributed by atoms with Gasteiger partial charge in [0.15, 0.2) is 0 Å². The van der Waals surface area contributed by atoms with E-state index in [1.165, 1.54) is 16.9 Å². The Labute approximate surface area is 121 Å². The van der Waals surface area contributed by atoms with E-state index in [1.807, 2.05) is 0 Å². The first-order valence-corrected chi connectivity index (χ1v) is 6.50. The summed E-state index contributed by atoms with van der Waals surface area (Å²) < 4.78 is 19.9. The minimum absolute atomic E-state index is 0.175. The van der Waals surface area contributed by atoms with Gasteiger partial charge in [0.1, 0.15) is 11.5 Å². The van der Waals surface area contributed by atoms with Crippen LogP contribution in [0, 0.1) is 5.82 Å². The third kappa shape index (κ3) is 4.37. The molecule has 1 heterocycles. The van der Waals surface area contributed by atoms with E-state index in [2.05, 4.69) is 15.7 Å². The zero-order chi connectivity index (χ0) is 15.1. The Morgan fingerprint density at radius 3 is 3.00 bits per heavy atom. The lowest BCUT2D eigenvalue weighted by atomic mass is 10.3. The number of halogens is 1. The molecule has 112 valence electrons. The highest BCUT2D eigenvalue weighted by molar-refractivity contribution is 5.92. The van der Waals surface area contributed by atoms with Crippen molar-refractivity contribution in [2.75, 3.05) is 32.1 Å². The van der Waals surface area contributed by atoms with Crippen molar-refractivity contribution in [3.63, 3.8) is 0 Å².